The highest BCUT2D eigenvalue weighted by molar-refractivity contribution is 7.09. The Morgan fingerprint density at radius 1 is 1.22 bits per heavy atom. The molecule has 186 valence electrons. The van der Waals surface area contributed by atoms with E-state index in [1.807, 2.05) is 35.5 Å². The largest absolute Gasteiger partial charge is 0.384 e. The van der Waals surface area contributed by atoms with Crippen LogP contribution in [-0.4, -0.2) is 68.4 Å². The Morgan fingerprint density at radius 3 is 2.83 bits per heavy atom. The van der Waals surface area contributed by atoms with Gasteiger partial charge in [-0.25, -0.2) is 9.97 Å². The van der Waals surface area contributed by atoms with Crippen molar-refractivity contribution in [1.29, 1.82) is 0 Å². The van der Waals surface area contributed by atoms with Crippen LogP contribution in [0.4, 0.5) is 5.69 Å². The number of aryl methyl sites for hydroxylation is 1. The number of aromatic nitrogens is 4. The lowest BCUT2D eigenvalue weighted by Gasteiger charge is -2.34. The first kappa shape index (κ1) is 22.9. The van der Waals surface area contributed by atoms with Gasteiger partial charge in [-0.1, -0.05) is 0 Å². The van der Waals surface area contributed by atoms with E-state index >= 15 is 0 Å². The second-order valence-electron chi connectivity index (χ2n) is 9.71. The molecule has 0 atom stereocenters. The Balaban J connectivity index is 1.26. The third-order valence-electron chi connectivity index (χ3n) is 7.38. The number of anilines is 1. The van der Waals surface area contributed by atoms with Crippen LogP contribution < -0.4 is 10.9 Å². The van der Waals surface area contributed by atoms with Gasteiger partial charge >= 0.3 is 0 Å². The summed E-state index contributed by atoms with van der Waals surface area (Å²) in [5, 5.41) is 3.39. The molecule has 0 aliphatic carbocycles. The molecule has 0 unspecified atom stereocenters. The van der Waals surface area contributed by atoms with E-state index in [9.17, 15) is 9.59 Å². The third-order valence-corrected chi connectivity index (χ3v) is 8.37. The molecule has 6 rings (SSSR count). The van der Waals surface area contributed by atoms with Gasteiger partial charge in [0.15, 0.2) is 0 Å². The van der Waals surface area contributed by atoms with Crippen molar-refractivity contribution in [2.24, 2.45) is 0 Å². The van der Waals surface area contributed by atoms with Crippen molar-refractivity contribution in [3.63, 3.8) is 0 Å². The maximum atomic E-state index is 13.3. The number of fused-ring (bicyclic) bond motifs is 2. The summed E-state index contributed by atoms with van der Waals surface area (Å²) in [6.45, 7) is 5.34. The van der Waals surface area contributed by atoms with Crippen molar-refractivity contribution in [1.82, 2.24) is 29.7 Å². The number of amides is 1. The van der Waals surface area contributed by atoms with Gasteiger partial charge in [0.25, 0.3) is 11.5 Å². The second kappa shape index (κ2) is 9.18. The van der Waals surface area contributed by atoms with Gasteiger partial charge in [0.2, 0.25) is 0 Å². The number of pyridine rings is 1. The van der Waals surface area contributed by atoms with Crippen LogP contribution in [0.1, 0.15) is 39.3 Å². The molecular formula is C26H29N7O2S. The first-order valence-electron chi connectivity index (χ1n) is 12.3. The van der Waals surface area contributed by atoms with Crippen LogP contribution >= 0.6 is 11.3 Å². The predicted octanol–water partition coefficient (Wildman–Crippen LogP) is 3.39. The fourth-order valence-corrected chi connectivity index (χ4v) is 6.08. The number of imidazole rings is 1. The molecule has 9 nitrogen and oxygen atoms in total. The molecule has 1 saturated heterocycles. The number of carbonyl (C=O) groups is 1. The van der Waals surface area contributed by atoms with Gasteiger partial charge in [-0.3, -0.25) is 9.59 Å². The fraction of sp³-hybridized carbons (Fsp3) is 0.385. The molecule has 36 heavy (non-hydrogen) atoms. The molecule has 1 amide bonds. The number of aromatic amines is 2. The molecule has 0 spiro atoms. The van der Waals surface area contributed by atoms with E-state index in [0.717, 1.165) is 60.4 Å². The first-order chi connectivity index (χ1) is 17.5. The van der Waals surface area contributed by atoms with E-state index in [1.165, 1.54) is 4.88 Å². The molecule has 0 saturated carbocycles. The highest BCUT2D eigenvalue weighted by Gasteiger charge is 2.34. The van der Waals surface area contributed by atoms with Crippen molar-refractivity contribution < 1.29 is 4.79 Å². The molecule has 2 aliphatic rings. The fourth-order valence-electron chi connectivity index (χ4n) is 5.30. The van der Waals surface area contributed by atoms with Crippen LogP contribution in [0.25, 0.3) is 22.4 Å². The van der Waals surface area contributed by atoms with Crippen LogP contribution in [0.3, 0.4) is 0 Å². The topological polar surface area (TPSA) is 110 Å². The minimum Gasteiger partial charge on any atom is -0.384 e. The molecule has 3 aromatic heterocycles. The number of nitrogens with zero attached hydrogens (tertiary/aromatic N) is 4. The Kier molecular flexibility index (Phi) is 5.85. The lowest BCUT2D eigenvalue weighted by molar-refractivity contribution is 0.0617. The van der Waals surface area contributed by atoms with Gasteiger partial charge in [0.05, 0.1) is 27.9 Å². The van der Waals surface area contributed by atoms with E-state index in [2.05, 4.69) is 32.2 Å². The Labute approximate surface area is 212 Å². The summed E-state index contributed by atoms with van der Waals surface area (Å²) in [4.78, 5) is 46.8. The third kappa shape index (κ3) is 4.10. The van der Waals surface area contributed by atoms with Crippen LogP contribution in [0.2, 0.25) is 0 Å². The zero-order chi connectivity index (χ0) is 24.8. The van der Waals surface area contributed by atoms with E-state index in [-0.39, 0.29) is 17.5 Å². The summed E-state index contributed by atoms with van der Waals surface area (Å²) >= 11 is 1.64. The average molecular weight is 504 g/mol. The van der Waals surface area contributed by atoms with Crippen molar-refractivity contribution >= 4 is 34.0 Å². The van der Waals surface area contributed by atoms with Gasteiger partial charge in [-0.2, -0.15) is 0 Å². The Morgan fingerprint density at radius 2 is 2.06 bits per heavy atom. The van der Waals surface area contributed by atoms with Crippen LogP contribution in [0.15, 0.2) is 34.7 Å². The van der Waals surface area contributed by atoms with E-state index in [0.29, 0.717) is 30.0 Å². The van der Waals surface area contributed by atoms with Gasteiger partial charge in [-0.15, -0.1) is 11.3 Å². The number of rotatable bonds is 6. The number of carbonyl (C=O) groups excluding carboxylic acids is 1. The van der Waals surface area contributed by atoms with Crippen molar-refractivity contribution in [3.05, 3.63) is 62.0 Å². The van der Waals surface area contributed by atoms with Gasteiger partial charge in [-0.05, 0) is 63.7 Å². The molecular weight excluding hydrogens is 474 g/mol. The molecule has 10 heteroatoms. The average Bonchev–Trinajstić information content (AvgIpc) is 3.55. The van der Waals surface area contributed by atoms with Crippen LogP contribution in [0, 0.1) is 6.92 Å². The Hall–Kier alpha value is -3.50. The molecule has 1 fully saturated rings. The lowest BCUT2D eigenvalue weighted by Crippen LogP contribution is -2.43. The molecule has 3 N–H and O–H groups in total. The summed E-state index contributed by atoms with van der Waals surface area (Å²) in [6, 6.07) is 6.03. The minimum absolute atomic E-state index is 0.0873. The smallest absolute Gasteiger partial charge is 0.261 e. The van der Waals surface area contributed by atoms with Crippen molar-refractivity contribution in [2.45, 2.75) is 38.8 Å². The number of benzene rings is 1. The van der Waals surface area contributed by atoms with Gasteiger partial charge in [0.1, 0.15) is 11.4 Å². The maximum Gasteiger partial charge on any atom is 0.261 e. The molecule has 2 aliphatic heterocycles. The normalized spacial score (nSPS) is 16.7. The summed E-state index contributed by atoms with van der Waals surface area (Å²) in [6.07, 6.45) is 4.47. The SMILES string of the molecule is Cc1ncsc1CCNc1cc[nH]c(=O)c1-c1nc2cc3c(cc2[nH]1)CN(C1CCN(C)CC1)C3=O. The number of H-pyrrole nitrogens is 2. The van der Waals surface area contributed by atoms with Crippen molar-refractivity contribution in [3.8, 4) is 11.4 Å². The number of piperidine rings is 1. The highest BCUT2D eigenvalue weighted by atomic mass is 32.1. The van der Waals surface area contributed by atoms with Crippen LogP contribution in [-0.2, 0) is 13.0 Å². The zero-order valence-electron chi connectivity index (χ0n) is 20.4. The maximum absolute atomic E-state index is 13.3. The molecule has 0 bridgehead atoms. The number of thiazole rings is 1. The standard InChI is InChI=1S/C26H29N7O2S/c1-15-22(36-14-29-15)4-8-27-19-3-7-28-25(34)23(19)24-30-20-11-16-13-33(17-5-9-32(2)10-6-17)26(35)18(16)12-21(20)31-24/h3,7,11-12,14,17H,4-6,8-10,13H2,1-2H3,(H,30,31)(H2,27,28,34). The van der Waals surface area contributed by atoms with Crippen LogP contribution in [0.5, 0.6) is 0 Å². The molecule has 1 aromatic carbocycles. The van der Waals surface area contributed by atoms with E-state index in [4.69, 9.17) is 4.98 Å². The van der Waals surface area contributed by atoms with E-state index in [1.54, 1.807) is 17.5 Å². The summed E-state index contributed by atoms with van der Waals surface area (Å²) in [5.74, 6) is 0.580. The van der Waals surface area contributed by atoms with Gasteiger partial charge in [0, 0.05) is 42.2 Å². The van der Waals surface area contributed by atoms with Crippen molar-refractivity contribution in [2.75, 3.05) is 32.0 Å². The predicted molar refractivity (Wildman–Crippen MR) is 142 cm³/mol. The number of hydrogen-bond donors (Lipinski definition) is 3. The number of nitrogens with one attached hydrogen (secondary N) is 3. The second-order valence-corrected chi connectivity index (χ2v) is 10.7. The summed E-state index contributed by atoms with van der Waals surface area (Å²) in [7, 11) is 2.13. The van der Waals surface area contributed by atoms with E-state index < -0.39 is 0 Å². The molecule has 0 radical (unpaired) electrons. The Bertz CT molecular complexity index is 1500. The monoisotopic (exact) mass is 503 g/mol. The lowest BCUT2D eigenvalue weighted by atomic mass is 10.0. The quantitative estimate of drug-likeness (QED) is 0.372. The molecule has 5 heterocycles. The summed E-state index contributed by atoms with van der Waals surface area (Å²) in [5.41, 5.74) is 7.13. The zero-order valence-corrected chi connectivity index (χ0v) is 21.2. The number of hydrogen-bond acceptors (Lipinski definition) is 7. The minimum atomic E-state index is -0.218. The summed E-state index contributed by atoms with van der Waals surface area (Å²) < 4.78 is 0. The molecule has 4 aromatic rings. The van der Waals surface area contributed by atoms with Gasteiger partial charge < -0.3 is 25.1 Å². The number of likely N-dealkylation sites (tertiary alicyclic amines) is 1. The highest BCUT2D eigenvalue weighted by Crippen LogP contribution is 2.32. The first-order valence-corrected chi connectivity index (χ1v) is 13.2.